The number of carbonyl (C=O) groups excluding carboxylic acids is 1. The topological polar surface area (TPSA) is 43.8 Å². The van der Waals surface area contributed by atoms with Gasteiger partial charge in [-0.2, -0.15) is 0 Å². The van der Waals surface area contributed by atoms with Gasteiger partial charge in [0.15, 0.2) is 0 Å². The van der Waals surface area contributed by atoms with Crippen LogP contribution in [-0.4, -0.2) is 60.5 Å². The Morgan fingerprint density at radius 2 is 1.95 bits per heavy atom. The number of benzene rings is 1. The van der Waals surface area contributed by atoms with Gasteiger partial charge < -0.3 is 14.9 Å². The lowest BCUT2D eigenvalue weighted by atomic mass is 10.0. The van der Waals surface area contributed by atoms with Crippen LogP contribution in [0.4, 0.5) is 0 Å². The molecule has 1 aromatic rings. The van der Waals surface area contributed by atoms with Crippen molar-refractivity contribution in [1.82, 2.24) is 9.80 Å². The number of carbonyl (C=O) groups is 1. The minimum Gasteiger partial charge on any atom is -0.508 e. The predicted molar refractivity (Wildman–Crippen MR) is 75.3 cm³/mol. The lowest BCUT2D eigenvalue weighted by Crippen LogP contribution is -2.50. The zero-order chi connectivity index (χ0) is 13.8. The van der Waals surface area contributed by atoms with E-state index >= 15 is 0 Å². The maximum absolute atomic E-state index is 12.1. The summed E-state index contributed by atoms with van der Waals surface area (Å²) in [5.74, 6) is 0.502. The number of Topliss-reactive ketones (excluding diaryl/α,β-unsaturated/α-hetero) is 1. The molecule has 0 radical (unpaired) electrons. The average Bonchev–Trinajstić information content (AvgIpc) is 2.37. The Morgan fingerprint density at radius 1 is 1.26 bits per heavy atom. The third-order valence-corrected chi connectivity index (χ3v) is 3.78. The highest BCUT2D eigenvalue weighted by Crippen LogP contribution is 2.14. The quantitative estimate of drug-likeness (QED) is 0.884. The number of hydrogen-bond acceptors (Lipinski definition) is 4. The fraction of sp³-hybridized carbons (Fsp3) is 0.533. The lowest BCUT2D eigenvalue weighted by Gasteiger charge is -2.37. The molecule has 0 saturated carbocycles. The highest BCUT2D eigenvalue weighted by atomic mass is 16.3. The van der Waals surface area contributed by atoms with Crippen molar-refractivity contribution in [1.29, 1.82) is 0 Å². The molecule has 19 heavy (non-hydrogen) atoms. The monoisotopic (exact) mass is 262 g/mol. The highest BCUT2D eigenvalue weighted by molar-refractivity contribution is 5.81. The van der Waals surface area contributed by atoms with Gasteiger partial charge in [-0.05, 0) is 31.8 Å². The third-order valence-electron chi connectivity index (χ3n) is 3.78. The molecule has 1 heterocycles. The molecule has 1 unspecified atom stereocenters. The van der Waals surface area contributed by atoms with Crippen LogP contribution in [0.1, 0.15) is 12.0 Å². The summed E-state index contributed by atoms with van der Waals surface area (Å²) >= 11 is 0. The SMILES string of the molecule is CN1CCN(C)C(CC(=O)Cc2ccc(O)cc2)C1. The molecular formula is C15H22N2O2. The number of piperazine rings is 1. The van der Waals surface area contributed by atoms with Crippen LogP contribution in [0.15, 0.2) is 24.3 Å². The predicted octanol–water partition coefficient (Wildman–Crippen LogP) is 1.14. The Bertz CT molecular complexity index is 430. The molecule has 0 bridgehead atoms. The van der Waals surface area contributed by atoms with E-state index < -0.39 is 0 Å². The fourth-order valence-electron chi connectivity index (χ4n) is 2.50. The van der Waals surface area contributed by atoms with Crippen LogP contribution in [0, 0.1) is 0 Å². The highest BCUT2D eigenvalue weighted by Gasteiger charge is 2.24. The van der Waals surface area contributed by atoms with E-state index in [1.165, 1.54) is 0 Å². The standard InChI is InChI=1S/C15H22N2O2/c1-16-7-8-17(2)13(11-16)10-15(19)9-12-3-5-14(18)6-4-12/h3-6,13,18H,7-11H2,1-2H3. The zero-order valence-corrected chi connectivity index (χ0v) is 11.7. The summed E-state index contributed by atoms with van der Waals surface area (Å²) in [5.41, 5.74) is 0.967. The second-order valence-electron chi connectivity index (χ2n) is 5.48. The minimum absolute atomic E-state index is 0.241. The van der Waals surface area contributed by atoms with Gasteiger partial charge in [0.25, 0.3) is 0 Å². The van der Waals surface area contributed by atoms with E-state index in [2.05, 4.69) is 23.9 Å². The molecule has 1 N–H and O–H groups in total. The molecule has 0 spiro atoms. The maximum atomic E-state index is 12.1. The second kappa shape index (κ2) is 6.17. The summed E-state index contributed by atoms with van der Waals surface area (Å²) in [6, 6.07) is 7.20. The number of hydrogen-bond donors (Lipinski definition) is 1. The molecule has 1 aliphatic rings. The Balaban J connectivity index is 1.88. The van der Waals surface area contributed by atoms with Gasteiger partial charge in [-0.15, -0.1) is 0 Å². The van der Waals surface area contributed by atoms with E-state index in [1.807, 2.05) is 12.1 Å². The van der Waals surface area contributed by atoms with Crippen LogP contribution in [0.3, 0.4) is 0 Å². The first-order valence-corrected chi connectivity index (χ1v) is 6.73. The number of aromatic hydroxyl groups is 1. The fourth-order valence-corrected chi connectivity index (χ4v) is 2.50. The van der Waals surface area contributed by atoms with Crippen molar-refractivity contribution < 1.29 is 9.90 Å². The normalized spacial score (nSPS) is 21.5. The van der Waals surface area contributed by atoms with Crippen molar-refractivity contribution in [2.24, 2.45) is 0 Å². The number of likely N-dealkylation sites (N-methyl/N-ethyl adjacent to an activating group) is 2. The van der Waals surface area contributed by atoms with Crippen molar-refractivity contribution in [3.63, 3.8) is 0 Å². The first-order chi connectivity index (χ1) is 9.04. The first kappa shape index (κ1) is 14.0. The van der Waals surface area contributed by atoms with E-state index in [0.29, 0.717) is 18.9 Å². The Hall–Kier alpha value is -1.39. The molecule has 1 atom stereocenters. The average molecular weight is 262 g/mol. The zero-order valence-electron chi connectivity index (χ0n) is 11.7. The molecule has 4 nitrogen and oxygen atoms in total. The molecule has 0 amide bonds. The summed E-state index contributed by atoms with van der Waals surface area (Å²) in [5, 5.41) is 9.22. The van der Waals surface area contributed by atoms with Gasteiger partial charge in [0.1, 0.15) is 11.5 Å². The van der Waals surface area contributed by atoms with E-state index in [1.54, 1.807) is 12.1 Å². The Kier molecular flexibility index (Phi) is 4.56. The maximum Gasteiger partial charge on any atom is 0.138 e. The minimum atomic E-state index is 0.241. The van der Waals surface area contributed by atoms with Crippen LogP contribution in [0.25, 0.3) is 0 Å². The molecule has 1 aromatic carbocycles. The summed E-state index contributed by atoms with van der Waals surface area (Å²) < 4.78 is 0. The van der Waals surface area contributed by atoms with Crippen molar-refractivity contribution in [2.75, 3.05) is 33.7 Å². The molecule has 104 valence electrons. The molecule has 2 rings (SSSR count). The second-order valence-corrected chi connectivity index (χ2v) is 5.48. The van der Waals surface area contributed by atoms with E-state index in [9.17, 15) is 9.90 Å². The largest absolute Gasteiger partial charge is 0.508 e. The summed E-state index contributed by atoms with van der Waals surface area (Å²) in [4.78, 5) is 16.7. The molecule has 0 aromatic heterocycles. The van der Waals surface area contributed by atoms with Crippen LogP contribution in [-0.2, 0) is 11.2 Å². The number of ketones is 1. The van der Waals surface area contributed by atoms with E-state index in [4.69, 9.17) is 0 Å². The number of phenolic OH excluding ortho intramolecular Hbond substituents is 1. The molecule has 1 fully saturated rings. The van der Waals surface area contributed by atoms with Crippen molar-refractivity contribution >= 4 is 5.78 Å². The van der Waals surface area contributed by atoms with Gasteiger partial charge in [-0.3, -0.25) is 4.79 Å². The summed E-state index contributed by atoms with van der Waals surface area (Å²) in [7, 11) is 4.19. The molecular weight excluding hydrogens is 240 g/mol. The number of nitrogens with zero attached hydrogens (tertiary/aromatic N) is 2. The van der Waals surface area contributed by atoms with E-state index in [0.717, 1.165) is 25.2 Å². The van der Waals surface area contributed by atoms with Gasteiger partial charge >= 0.3 is 0 Å². The smallest absolute Gasteiger partial charge is 0.138 e. The molecule has 1 saturated heterocycles. The van der Waals surface area contributed by atoms with Gasteiger partial charge in [-0.1, -0.05) is 12.1 Å². The van der Waals surface area contributed by atoms with Crippen molar-refractivity contribution in [3.05, 3.63) is 29.8 Å². The summed E-state index contributed by atoms with van der Waals surface area (Å²) in [6.07, 6.45) is 1.05. The Labute approximate surface area is 114 Å². The van der Waals surface area contributed by atoms with Crippen LogP contribution >= 0.6 is 0 Å². The molecule has 0 aliphatic carbocycles. The van der Waals surface area contributed by atoms with Crippen LogP contribution < -0.4 is 0 Å². The van der Waals surface area contributed by atoms with Gasteiger partial charge in [0, 0.05) is 38.5 Å². The number of phenols is 1. The first-order valence-electron chi connectivity index (χ1n) is 6.73. The van der Waals surface area contributed by atoms with Gasteiger partial charge in [0.05, 0.1) is 0 Å². The van der Waals surface area contributed by atoms with E-state index in [-0.39, 0.29) is 11.5 Å². The molecule has 1 aliphatic heterocycles. The van der Waals surface area contributed by atoms with Crippen molar-refractivity contribution in [2.45, 2.75) is 18.9 Å². The summed E-state index contributed by atoms with van der Waals surface area (Å²) in [6.45, 7) is 3.05. The van der Waals surface area contributed by atoms with Gasteiger partial charge in [0.2, 0.25) is 0 Å². The lowest BCUT2D eigenvalue weighted by molar-refractivity contribution is -0.120. The Morgan fingerprint density at radius 3 is 2.63 bits per heavy atom. The third kappa shape index (κ3) is 4.04. The van der Waals surface area contributed by atoms with Crippen LogP contribution in [0.5, 0.6) is 5.75 Å². The van der Waals surface area contributed by atoms with Gasteiger partial charge in [-0.25, -0.2) is 0 Å². The number of rotatable bonds is 4. The molecule has 4 heteroatoms. The van der Waals surface area contributed by atoms with Crippen LogP contribution in [0.2, 0.25) is 0 Å². The van der Waals surface area contributed by atoms with Crippen molar-refractivity contribution in [3.8, 4) is 5.75 Å².